The second kappa shape index (κ2) is 6.49. The van der Waals surface area contributed by atoms with Crippen molar-refractivity contribution in [2.75, 3.05) is 30.7 Å². The van der Waals surface area contributed by atoms with Crippen molar-refractivity contribution in [1.82, 2.24) is 0 Å². The maximum atomic E-state index is 13.4. The number of methoxy groups -OCH3 is 1. The number of amides is 2. The molecule has 8 nitrogen and oxygen atoms in total. The Hall–Kier alpha value is -3.52. The molecule has 4 aliphatic rings. The number of nitrogens with one attached hydrogen (secondary N) is 1. The molecule has 0 aromatic heterocycles. The van der Waals surface area contributed by atoms with Crippen LogP contribution in [0.25, 0.3) is 0 Å². The third-order valence-electron chi connectivity index (χ3n) is 6.41. The fourth-order valence-electron chi connectivity index (χ4n) is 4.99. The van der Waals surface area contributed by atoms with Gasteiger partial charge in [0.1, 0.15) is 11.4 Å². The van der Waals surface area contributed by atoms with Crippen LogP contribution in [0.1, 0.15) is 0 Å². The highest BCUT2D eigenvalue weighted by Crippen LogP contribution is 2.53. The summed E-state index contributed by atoms with van der Waals surface area (Å²) in [6.45, 7) is 0.528. The van der Waals surface area contributed by atoms with Crippen LogP contribution in [0.15, 0.2) is 54.6 Å². The molecular weight excluding hydrogens is 400 g/mol. The molecule has 31 heavy (non-hydrogen) atoms. The number of carbonyl (C=O) groups is 2. The third-order valence-corrected chi connectivity index (χ3v) is 6.41. The molecule has 2 bridgehead atoms. The summed E-state index contributed by atoms with van der Waals surface area (Å²) >= 11 is 0. The van der Waals surface area contributed by atoms with Crippen LogP contribution in [0.4, 0.5) is 11.4 Å². The number of fused-ring (bicyclic) bond motifs is 2. The first-order chi connectivity index (χ1) is 15.1. The first-order valence-corrected chi connectivity index (χ1v) is 10.1. The molecule has 4 aliphatic heterocycles. The van der Waals surface area contributed by atoms with Gasteiger partial charge in [0.25, 0.3) is 0 Å². The van der Waals surface area contributed by atoms with Gasteiger partial charge in [0.05, 0.1) is 31.6 Å². The number of nitrogens with zero attached hydrogens (tertiary/aromatic N) is 1. The number of ether oxygens (including phenoxy) is 4. The Morgan fingerprint density at radius 2 is 2.06 bits per heavy atom. The van der Waals surface area contributed by atoms with Crippen LogP contribution >= 0.6 is 0 Å². The molecule has 0 radical (unpaired) electrons. The summed E-state index contributed by atoms with van der Waals surface area (Å²) in [6, 6.07) is 12.6. The highest BCUT2D eigenvalue weighted by atomic mass is 16.7. The van der Waals surface area contributed by atoms with E-state index in [1.54, 1.807) is 30.2 Å². The summed E-state index contributed by atoms with van der Waals surface area (Å²) in [4.78, 5) is 28.4. The zero-order valence-electron chi connectivity index (χ0n) is 16.7. The quantitative estimate of drug-likeness (QED) is 0.765. The van der Waals surface area contributed by atoms with Crippen LogP contribution in [0.5, 0.6) is 17.2 Å². The molecule has 8 heteroatoms. The van der Waals surface area contributed by atoms with Gasteiger partial charge in [0.2, 0.25) is 18.6 Å². The van der Waals surface area contributed by atoms with E-state index in [-0.39, 0.29) is 18.6 Å². The Morgan fingerprint density at radius 3 is 2.94 bits per heavy atom. The Balaban J connectivity index is 1.28. The lowest BCUT2D eigenvalue weighted by Gasteiger charge is -2.23. The van der Waals surface area contributed by atoms with Gasteiger partial charge in [0, 0.05) is 23.5 Å². The van der Waals surface area contributed by atoms with Crippen molar-refractivity contribution >= 4 is 23.2 Å². The monoisotopic (exact) mass is 420 g/mol. The first kappa shape index (κ1) is 18.3. The average molecular weight is 420 g/mol. The van der Waals surface area contributed by atoms with Gasteiger partial charge in [-0.05, 0) is 24.3 Å². The Morgan fingerprint density at radius 1 is 1.19 bits per heavy atom. The molecule has 2 saturated heterocycles. The van der Waals surface area contributed by atoms with Crippen LogP contribution < -0.4 is 24.4 Å². The van der Waals surface area contributed by atoms with Gasteiger partial charge in [-0.3, -0.25) is 9.59 Å². The van der Waals surface area contributed by atoms with E-state index >= 15 is 0 Å². The SMILES string of the molecule is COc1cccc(N2C[C@@]34C=C[C@@H](O3)[C@H](C(=O)Nc3ccc5c(c3)OCO5)[C@H]4C2=O)c1. The van der Waals surface area contributed by atoms with E-state index in [1.165, 1.54) is 0 Å². The summed E-state index contributed by atoms with van der Waals surface area (Å²) in [5, 5.41) is 2.92. The van der Waals surface area contributed by atoms with Gasteiger partial charge in [0.15, 0.2) is 11.5 Å². The van der Waals surface area contributed by atoms with E-state index in [4.69, 9.17) is 18.9 Å². The van der Waals surface area contributed by atoms with Crippen molar-refractivity contribution in [3.8, 4) is 17.2 Å². The van der Waals surface area contributed by atoms with E-state index in [2.05, 4.69) is 5.32 Å². The lowest BCUT2D eigenvalue weighted by Crippen LogP contribution is -2.41. The summed E-state index contributed by atoms with van der Waals surface area (Å²) in [6.07, 6.45) is 3.41. The van der Waals surface area contributed by atoms with Gasteiger partial charge in [-0.2, -0.15) is 0 Å². The molecule has 6 rings (SSSR count). The van der Waals surface area contributed by atoms with E-state index < -0.39 is 23.5 Å². The van der Waals surface area contributed by atoms with Crippen molar-refractivity contribution < 1.29 is 28.5 Å². The molecule has 2 aromatic rings. The van der Waals surface area contributed by atoms with Crippen molar-refractivity contribution in [1.29, 1.82) is 0 Å². The van der Waals surface area contributed by atoms with Crippen molar-refractivity contribution in [3.05, 3.63) is 54.6 Å². The zero-order chi connectivity index (χ0) is 21.2. The normalized spacial score (nSPS) is 29.4. The number of rotatable bonds is 4. The minimum absolute atomic E-state index is 0.120. The third kappa shape index (κ3) is 2.64. The van der Waals surface area contributed by atoms with Crippen molar-refractivity contribution in [2.45, 2.75) is 11.7 Å². The average Bonchev–Trinajstić information content (AvgIpc) is 3.54. The topological polar surface area (TPSA) is 86.3 Å². The van der Waals surface area contributed by atoms with E-state index in [0.717, 1.165) is 5.69 Å². The molecule has 1 N–H and O–H groups in total. The molecule has 2 aromatic carbocycles. The molecule has 2 amide bonds. The minimum Gasteiger partial charge on any atom is -0.497 e. The number of benzene rings is 2. The zero-order valence-corrected chi connectivity index (χ0v) is 16.7. The van der Waals surface area contributed by atoms with E-state index in [1.807, 2.05) is 36.4 Å². The van der Waals surface area contributed by atoms with Crippen LogP contribution in [0.3, 0.4) is 0 Å². The van der Waals surface area contributed by atoms with Crippen LogP contribution in [-0.4, -0.2) is 44.0 Å². The molecule has 1 spiro atoms. The Bertz CT molecular complexity index is 1130. The standard InChI is InChI=1S/C23H20N2O6/c1-28-15-4-2-3-14(10-15)25-11-23-8-7-17(31-23)19(20(23)22(25)27)21(26)24-13-5-6-16-18(9-13)30-12-29-16/h2-10,17,19-20H,11-12H2,1H3,(H,24,26)/t17-,19+,20+,23-/m1/s1. The largest absolute Gasteiger partial charge is 0.497 e. The summed E-state index contributed by atoms with van der Waals surface area (Å²) in [5.41, 5.74) is 0.524. The highest BCUT2D eigenvalue weighted by Gasteiger charge is 2.67. The van der Waals surface area contributed by atoms with Gasteiger partial charge in [-0.25, -0.2) is 0 Å². The molecule has 2 fully saturated rings. The van der Waals surface area contributed by atoms with Crippen LogP contribution in [-0.2, 0) is 14.3 Å². The van der Waals surface area contributed by atoms with Crippen LogP contribution in [0.2, 0.25) is 0 Å². The maximum Gasteiger partial charge on any atom is 0.234 e. The summed E-state index contributed by atoms with van der Waals surface area (Å²) in [7, 11) is 1.59. The van der Waals surface area contributed by atoms with Crippen molar-refractivity contribution in [2.24, 2.45) is 11.8 Å². The number of carbonyl (C=O) groups excluding carboxylic acids is 2. The molecule has 0 unspecified atom stereocenters. The summed E-state index contributed by atoms with van der Waals surface area (Å²) < 4.78 is 22.2. The second-order valence-corrected chi connectivity index (χ2v) is 8.08. The minimum atomic E-state index is -0.790. The van der Waals surface area contributed by atoms with E-state index in [9.17, 15) is 9.59 Å². The first-order valence-electron chi connectivity index (χ1n) is 10.1. The highest BCUT2D eigenvalue weighted by molar-refractivity contribution is 6.05. The smallest absolute Gasteiger partial charge is 0.234 e. The number of hydrogen-bond donors (Lipinski definition) is 1. The van der Waals surface area contributed by atoms with Crippen LogP contribution in [0, 0.1) is 11.8 Å². The molecule has 0 saturated carbocycles. The maximum absolute atomic E-state index is 13.4. The lowest BCUT2D eigenvalue weighted by molar-refractivity contribution is -0.128. The van der Waals surface area contributed by atoms with Gasteiger partial charge < -0.3 is 29.2 Å². The number of hydrogen-bond acceptors (Lipinski definition) is 6. The fraction of sp³-hybridized carbons (Fsp3) is 0.304. The molecular formula is C23H20N2O6. The molecule has 4 atom stereocenters. The molecule has 0 aliphatic carbocycles. The predicted octanol–water partition coefficient (Wildman–Crippen LogP) is 2.35. The van der Waals surface area contributed by atoms with Crippen molar-refractivity contribution in [3.63, 3.8) is 0 Å². The Labute approximate surface area is 178 Å². The predicted molar refractivity (Wildman–Crippen MR) is 110 cm³/mol. The molecule has 158 valence electrons. The van der Waals surface area contributed by atoms with Gasteiger partial charge >= 0.3 is 0 Å². The van der Waals surface area contributed by atoms with E-state index in [0.29, 0.717) is 29.5 Å². The summed E-state index contributed by atoms with van der Waals surface area (Å²) in [5.74, 6) is 0.327. The van der Waals surface area contributed by atoms with Gasteiger partial charge in [-0.15, -0.1) is 0 Å². The number of anilines is 2. The van der Waals surface area contributed by atoms with Gasteiger partial charge in [-0.1, -0.05) is 18.2 Å². The fourth-order valence-corrected chi connectivity index (χ4v) is 4.99. The molecule has 4 heterocycles. The second-order valence-electron chi connectivity index (χ2n) is 8.08. The Kier molecular flexibility index (Phi) is 3.82. The lowest BCUT2D eigenvalue weighted by atomic mass is 9.77.